The van der Waals surface area contributed by atoms with E-state index in [1.54, 1.807) is 18.2 Å². The number of aliphatic imine (C=N–C) groups is 2. The zero-order chi connectivity index (χ0) is 25.5. The smallest absolute Gasteiger partial charge is 0.368 e. The lowest BCUT2D eigenvalue weighted by Crippen LogP contribution is -2.39. The van der Waals surface area contributed by atoms with Gasteiger partial charge in [-0.05, 0) is 68.7 Å². The van der Waals surface area contributed by atoms with Crippen LogP contribution in [0.25, 0.3) is 0 Å². The summed E-state index contributed by atoms with van der Waals surface area (Å²) in [5, 5.41) is 19.7. The van der Waals surface area contributed by atoms with Crippen molar-refractivity contribution in [3.63, 3.8) is 0 Å². The molecule has 2 rings (SSSR count). The molecule has 1 saturated carbocycles. The second kappa shape index (κ2) is 15.9. The maximum atomic E-state index is 12.8. The zero-order valence-electron chi connectivity index (χ0n) is 19.9. The Morgan fingerprint density at radius 2 is 1.97 bits per heavy atom. The van der Waals surface area contributed by atoms with Crippen LogP contribution in [0.4, 0.5) is 13.2 Å². The summed E-state index contributed by atoms with van der Waals surface area (Å²) in [4.78, 5) is 8.14. The third kappa shape index (κ3) is 11.5. The Morgan fingerprint density at radius 3 is 2.63 bits per heavy atom. The molecule has 0 aromatic heterocycles. The highest BCUT2D eigenvalue weighted by molar-refractivity contribution is 7.48. The number of hydroxylamine groups is 1. The minimum atomic E-state index is -4.24. The van der Waals surface area contributed by atoms with Gasteiger partial charge in [-0.1, -0.05) is 24.3 Å². The molecule has 0 heterocycles. The molecule has 1 aromatic carbocycles. The van der Waals surface area contributed by atoms with E-state index in [1.165, 1.54) is 12.3 Å². The second-order valence-corrected chi connectivity index (χ2v) is 9.76. The number of hydrogen-bond donors (Lipinski definition) is 6. The van der Waals surface area contributed by atoms with Crippen molar-refractivity contribution in [1.29, 1.82) is 0 Å². The highest BCUT2D eigenvalue weighted by Gasteiger charge is 2.28. The number of nitrogens with one attached hydrogen (secondary N) is 4. The molecule has 0 amide bonds. The predicted octanol–water partition coefficient (Wildman–Crippen LogP) is 2.56. The largest absolute Gasteiger partial charge is 0.406 e. The van der Waals surface area contributed by atoms with Crippen LogP contribution in [-0.4, -0.2) is 56.0 Å². The monoisotopic (exact) mass is 515 g/mol. The number of alkyl halides is 3. The Bertz CT molecular complexity index is 828. The Morgan fingerprint density at radius 1 is 1.23 bits per heavy atom. The first-order valence-electron chi connectivity index (χ1n) is 11.8. The van der Waals surface area contributed by atoms with Crippen LogP contribution in [0.2, 0.25) is 0 Å². The molecule has 196 valence electrons. The average molecular weight is 516 g/mol. The standard InChI is InChI=1S/C23H37F3N7OP/c1-28-15-20(33-34)22(31-13-17-7-9-19(10-8-17)30-12-4-11-27)32-16-29-14-18-5-2-3-6-21(18)35-23(24,25)26/h2-3,5-6,15,17,19,29-30,33-35H,1,4,7-14,16,27H2,(H,31,32)/b20-15+. The van der Waals surface area contributed by atoms with Crippen LogP contribution in [0.1, 0.15) is 37.7 Å². The molecule has 35 heavy (non-hydrogen) atoms. The van der Waals surface area contributed by atoms with Gasteiger partial charge in [0.1, 0.15) is 11.5 Å². The van der Waals surface area contributed by atoms with Crippen LogP contribution < -0.4 is 32.5 Å². The van der Waals surface area contributed by atoms with E-state index in [4.69, 9.17) is 5.73 Å². The van der Waals surface area contributed by atoms with Gasteiger partial charge >= 0.3 is 5.92 Å². The molecule has 1 aliphatic rings. The molecule has 0 bridgehead atoms. The fourth-order valence-corrected chi connectivity index (χ4v) is 4.78. The third-order valence-corrected chi connectivity index (χ3v) is 6.81. The van der Waals surface area contributed by atoms with E-state index in [0.717, 1.165) is 38.6 Å². The van der Waals surface area contributed by atoms with Crippen molar-refractivity contribution in [1.82, 2.24) is 21.4 Å². The Balaban J connectivity index is 1.90. The summed E-state index contributed by atoms with van der Waals surface area (Å²) in [6, 6.07) is 7.01. The Hall–Kier alpha value is -2.04. The van der Waals surface area contributed by atoms with Crippen molar-refractivity contribution >= 4 is 26.4 Å². The number of halogens is 3. The lowest BCUT2D eigenvalue weighted by molar-refractivity contribution is -0.0359. The summed E-state index contributed by atoms with van der Waals surface area (Å²) >= 11 is 0. The number of rotatable bonds is 14. The van der Waals surface area contributed by atoms with E-state index < -0.39 is 14.5 Å². The minimum Gasteiger partial charge on any atom is -0.368 e. The van der Waals surface area contributed by atoms with Gasteiger partial charge in [0.2, 0.25) is 0 Å². The van der Waals surface area contributed by atoms with Gasteiger partial charge in [-0.15, -0.1) is 0 Å². The Kier molecular flexibility index (Phi) is 13.2. The lowest BCUT2D eigenvalue weighted by atomic mass is 9.86. The third-order valence-electron chi connectivity index (χ3n) is 5.77. The first kappa shape index (κ1) is 29.2. The number of nitrogens with zero attached hydrogens (tertiary/aromatic N) is 2. The zero-order valence-corrected chi connectivity index (χ0v) is 20.9. The van der Waals surface area contributed by atoms with Crippen molar-refractivity contribution in [2.75, 3.05) is 26.3 Å². The van der Waals surface area contributed by atoms with E-state index >= 15 is 0 Å². The summed E-state index contributed by atoms with van der Waals surface area (Å²) < 4.78 is 38.5. The predicted molar refractivity (Wildman–Crippen MR) is 138 cm³/mol. The van der Waals surface area contributed by atoms with Gasteiger partial charge in [0, 0.05) is 27.7 Å². The van der Waals surface area contributed by atoms with Gasteiger partial charge in [-0.2, -0.15) is 13.2 Å². The molecular weight excluding hydrogens is 478 g/mol. The average Bonchev–Trinajstić information content (AvgIpc) is 2.83. The number of benzene rings is 1. The lowest BCUT2D eigenvalue weighted by Gasteiger charge is -2.29. The van der Waals surface area contributed by atoms with E-state index in [-0.39, 0.29) is 24.2 Å². The molecule has 1 aliphatic carbocycles. The number of amidine groups is 1. The Labute approximate surface area is 206 Å². The SMILES string of the molecule is C=N/C=C(NO)\C(=N/CNCc1ccccc1PC(F)(F)F)NCC1CCC(NCCCN)CC1. The molecule has 1 atom stereocenters. The van der Waals surface area contributed by atoms with Gasteiger partial charge in [0.05, 0.1) is 12.9 Å². The van der Waals surface area contributed by atoms with E-state index in [2.05, 4.69) is 38.1 Å². The van der Waals surface area contributed by atoms with Crippen molar-refractivity contribution in [2.45, 2.75) is 50.6 Å². The van der Waals surface area contributed by atoms with Crippen LogP contribution in [-0.2, 0) is 6.54 Å². The second-order valence-electron chi connectivity index (χ2n) is 8.40. The minimum absolute atomic E-state index is 0.139. The maximum Gasteiger partial charge on any atom is 0.406 e. The molecule has 0 radical (unpaired) electrons. The van der Waals surface area contributed by atoms with E-state index in [1.807, 2.05) is 0 Å². The molecule has 8 nitrogen and oxygen atoms in total. The van der Waals surface area contributed by atoms with E-state index in [9.17, 15) is 18.4 Å². The molecule has 1 fully saturated rings. The fourth-order valence-electron chi connectivity index (χ4n) is 3.97. The topological polar surface area (TPSA) is 119 Å². The van der Waals surface area contributed by atoms with Crippen molar-refractivity contribution in [2.24, 2.45) is 21.6 Å². The molecule has 0 saturated heterocycles. The van der Waals surface area contributed by atoms with Crippen molar-refractivity contribution < 1.29 is 18.4 Å². The van der Waals surface area contributed by atoms with Gasteiger partial charge in [0.25, 0.3) is 0 Å². The van der Waals surface area contributed by atoms with Gasteiger partial charge in [-0.25, -0.2) is 0 Å². The fraction of sp³-hybridized carbons (Fsp3) is 0.565. The van der Waals surface area contributed by atoms with Gasteiger partial charge in [0.15, 0.2) is 0 Å². The van der Waals surface area contributed by atoms with Crippen LogP contribution in [0.3, 0.4) is 0 Å². The highest BCUT2D eigenvalue weighted by Crippen LogP contribution is 2.36. The maximum absolute atomic E-state index is 12.8. The number of nitrogens with two attached hydrogens (primary N) is 1. The summed E-state index contributed by atoms with van der Waals surface area (Å²) in [5.74, 6) is -3.37. The summed E-state index contributed by atoms with van der Waals surface area (Å²) in [5.41, 5.74) is 8.47. The summed E-state index contributed by atoms with van der Waals surface area (Å²) in [7, 11) is -1.25. The van der Waals surface area contributed by atoms with Gasteiger partial charge in [-0.3, -0.25) is 26.0 Å². The summed E-state index contributed by atoms with van der Waals surface area (Å²) in [6.07, 6.45) is 6.66. The molecular formula is C23H37F3N7OP. The normalized spacial score (nSPS) is 19.8. The van der Waals surface area contributed by atoms with Crippen LogP contribution in [0.15, 0.2) is 46.1 Å². The molecule has 7 N–H and O–H groups in total. The van der Waals surface area contributed by atoms with Crippen LogP contribution in [0.5, 0.6) is 0 Å². The molecule has 1 unspecified atom stereocenters. The first-order valence-corrected chi connectivity index (χ1v) is 12.8. The molecule has 12 heteroatoms. The molecule has 0 aliphatic heterocycles. The molecule has 1 aromatic rings. The quantitative estimate of drug-likeness (QED) is 0.0746. The summed E-state index contributed by atoms with van der Waals surface area (Å²) in [6.45, 7) is 6.11. The van der Waals surface area contributed by atoms with Crippen molar-refractivity contribution in [3.05, 3.63) is 41.7 Å². The van der Waals surface area contributed by atoms with Crippen LogP contribution >= 0.6 is 8.58 Å². The van der Waals surface area contributed by atoms with Gasteiger partial charge < -0.3 is 16.4 Å². The first-order chi connectivity index (χ1) is 16.9. The van der Waals surface area contributed by atoms with E-state index in [0.29, 0.717) is 36.4 Å². The molecule has 0 spiro atoms. The van der Waals surface area contributed by atoms with Crippen LogP contribution in [0, 0.1) is 5.92 Å². The number of hydrogen-bond acceptors (Lipinski definition) is 7. The van der Waals surface area contributed by atoms with Crippen molar-refractivity contribution in [3.8, 4) is 0 Å². The highest BCUT2D eigenvalue weighted by atomic mass is 31.1.